The van der Waals surface area contributed by atoms with Crippen molar-refractivity contribution in [3.8, 4) is 6.07 Å². The number of aryl methyl sites for hydroxylation is 1. The second-order valence-corrected chi connectivity index (χ2v) is 3.62. The van der Waals surface area contributed by atoms with Crippen LogP contribution >= 0.6 is 0 Å². The lowest BCUT2D eigenvalue weighted by atomic mass is 10.4. The van der Waals surface area contributed by atoms with E-state index in [1.165, 1.54) is 10.9 Å². The zero-order chi connectivity index (χ0) is 10.1. The fraction of sp³-hybridized carbons (Fsp3) is 0.200. The quantitative estimate of drug-likeness (QED) is 0.632. The van der Waals surface area contributed by atoms with Crippen molar-refractivity contribution in [2.75, 3.05) is 4.72 Å². The van der Waals surface area contributed by atoms with Crippen LogP contribution in [0.1, 0.15) is 5.56 Å². The highest BCUT2D eigenvalue weighted by Crippen LogP contribution is 2.10. The summed E-state index contributed by atoms with van der Waals surface area (Å²) in [5.74, 6) is -0.0625. The first-order valence-electron chi connectivity index (χ1n) is 3.16. The molecule has 70 valence electrons. The molecule has 0 atom stereocenters. The normalized spacial score (nSPS) is 10.8. The lowest BCUT2D eigenvalue weighted by Gasteiger charge is -1.97. The molecule has 0 bridgehead atoms. The summed E-state index contributed by atoms with van der Waals surface area (Å²) >= 11 is 0. The van der Waals surface area contributed by atoms with Crippen LogP contribution < -0.4 is 9.86 Å². The van der Waals surface area contributed by atoms with Gasteiger partial charge < -0.3 is 0 Å². The first kappa shape index (κ1) is 9.50. The second kappa shape index (κ2) is 3.04. The van der Waals surface area contributed by atoms with Crippen LogP contribution in [0.15, 0.2) is 6.20 Å². The van der Waals surface area contributed by atoms with E-state index in [1.807, 2.05) is 4.72 Å². The van der Waals surface area contributed by atoms with Gasteiger partial charge in [0.05, 0.1) is 0 Å². The predicted molar refractivity (Wildman–Crippen MR) is 44.7 cm³/mol. The monoisotopic (exact) mass is 201 g/mol. The predicted octanol–water partition coefficient (Wildman–Crippen LogP) is -1.09. The van der Waals surface area contributed by atoms with Gasteiger partial charge in [0.1, 0.15) is 11.6 Å². The highest BCUT2D eigenvalue weighted by molar-refractivity contribution is 7.90. The Kier molecular flexibility index (Phi) is 2.22. The van der Waals surface area contributed by atoms with Crippen LogP contribution in [0.5, 0.6) is 0 Å². The Bertz CT molecular complexity index is 454. The summed E-state index contributed by atoms with van der Waals surface area (Å²) in [6.07, 6.45) is 1.38. The summed E-state index contributed by atoms with van der Waals surface area (Å²) in [7, 11) is -2.31. The van der Waals surface area contributed by atoms with Gasteiger partial charge in [0.25, 0.3) is 10.2 Å². The smallest absolute Gasteiger partial charge is 0.272 e. The molecule has 0 radical (unpaired) electrons. The molecule has 13 heavy (non-hydrogen) atoms. The van der Waals surface area contributed by atoms with E-state index in [0.717, 1.165) is 0 Å². The number of nitrogens with two attached hydrogens (primary N) is 1. The topological polar surface area (TPSA) is 114 Å². The molecule has 0 aliphatic heterocycles. The highest BCUT2D eigenvalue weighted by atomic mass is 32.2. The average Bonchev–Trinajstić information content (AvgIpc) is 2.27. The average molecular weight is 201 g/mol. The standard InChI is InChI=1S/C5H7N5O2S/c1-10-3-4(2-6)5(8-10)9-13(7,11)12/h3H,1H3,(H,8,9)(H2,7,11,12). The highest BCUT2D eigenvalue weighted by Gasteiger charge is 2.11. The number of anilines is 1. The number of nitrogens with one attached hydrogen (secondary N) is 1. The van der Waals surface area contributed by atoms with Crippen LogP contribution in [0.3, 0.4) is 0 Å². The van der Waals surface area contributed by atoms with Gasteiger partial charge in [0, 0.05) is 13.2 Å². The van der Waals surface area contributed by atoms with Crippen molar-refractivity contribution in [1.82, 2.24) is 9.78 Å². The third-order valence-electron chi connectivity index (χ3n) is 1.19. The van der Waals surface area contributed by atoms with Crippen molar-refractivity contribution in [2.45, 2.75) is 0 Å². The van der Waals surface area contributed by atoms with Gasteiger partial charge in [-0.2, -0.15) is 18.8 Å². The lowest BCUT2D eigenvalue weighted by Crippen LogP contribution is -2.22. The van der Waals surface area contributed by atoms with E-state index >= 15 is 0 Å². The number of nitrogens with zero attached hydrogens (tertiary/aromatic N) is 3. The molecule has 0 spiro atoms. The van der Waals surface area contributed by atoms with Crippen LogP contribution in [0, 0.1) is 11.3 Å². The van der Waals surface area contributed by atoms with E-state index in [0.29, 0.717) is 0 Å². The maximum atomic E-state index is 10.6. The minimum absolute atomic E-state index is 0.0625. The van der Waals surface area contributed by atoms with Gasteiger partial charge >= 0.3 is 0 Å². The summed E-state index contributed by atoms with van der Waals surface area (Å²) in [4.78, 5) is 0. The zero-order valence-electron chi connectivity index (χ0n) is 6.72. The summed E-state index contributed by atoms with van der Waals surface area (Å²) < 4.78 is 24.4. The zero-order valence-corrected chi connectivity index (χ0v) is 7.54. The summed E-state index contributed by atoms with van der Waals surface area (Å²) in [6.45, 7) is 0. The van der Waals surface area contributed by atoms with Gasteiger partial charge in [0.15, 0.2) is 5.82 Å². The Balaban J connectivity index is 3.09. The molecule has 0 saturated carbocycles. The van der Waals surface area contributed by atoms with Crippen molar-refractivity contribution in [3.05, 3.63) is 11.8 Å². The van der Waals surface area contributed by atoms with Crippen LogP contribution in [0.4, 0.5) is 5.82 Å². The molecule has 1 rings (SSSR count). The van der Waals surface area contributed by atoms with E-state index in [2.05, 4.69) is 5.10 Å². The molecule has 7 nitrogen and oxygen atoms in total. The molecule has 0 fully saturated rings. The molecular weight excluding hydrogens is 194 g/mol. The molecule has 0 amide bonds. The Morgan fingerprint density at radius 1 is 1.77 bits per heavy atom. The van der Waals surface area contributed by atoms with E-state index in [1.54, 1.807) is 13.1 Å². The first-order valence-corrected chi connectivity index (χ1v) is 4.71. The van der Waals surface area contributed by atoms with Crippen LogP contribution in [-0.2, 0) is 17.3 Å². The Morgan fingerprint density at radius 2 is 2.38 bits per heavy atom. The van der Waals surface area contributed by atoms with Crippen molar-refractivity contribution >= 4 is 16.0 Å². The molecule has 3 N–H and O–H groups in total. The Hall–Kier alpha value is -1.59. The van der Waals surface area contributed by atoms with Crippen molar-refractivity contribution < 1.29 is 8.42 Å². The summed E-state index contributed by atoms with van der Waals surface area (Å²) in [5, 5.41) is 16.9. The maximum Gasteiger partial charge on any atom is 0.297 e. The fourth-order valence-electron chi connectivity index (χ4n) is 0.780. The molecule has 0 unspecified atom stereocenters. The van der Waals surface area contributed by atoms with Crippen LogP contribution in [0.2, 0.25) is 0 Å². The summed E-state index contributed by atoms with van der Waals surface area (Å²) in [6, 6.07) is 1.77. The maximum absolute atomic E-state index is 10.6. The van der Waals surface area contributed by atoms with Gasteiger partial charge in [-0.25, -0.2) is 5.14 Å². The molecule has 0 aliphatic carbocycles. The number of hydrogen-bond donors (Lipinski definition) is 2. The van der Waals surface area contributed by atoms with Crippen molar-refractivity contribution in [1.29, 1.82) is 5.26 Å². The number of rotatable bonds is 2. The Morgan fingerprint density at radius 3 is 2.85 bits per heavy atom. The summed E-state index contributed by atoms with van der Waals surface area (Å²) in [5.41, 5.74) is 0.122. The van der Waals surface area contributed by atoms with Gasteiger partial charge in [-0.15, -0.1) is 0 Å². The lowest BCUT2D eigenvalue weighted by molar-refractivity contribution is 0.602. The number of hydrogen-bond acceptors (Lipinski definition) is 4. The third kappa shape index (κ3) is 2.43. The van der Waals surface area contributed by atoms with E-state index in [9.17, 15) is 8.42 Å². The molecule has 1 aromatic rings. The van der Waals surface area contributed by atoms with Crippen LogP contribution in [0.25, 0.3) is 0 Å². The molecular formula is C5H7N5O2S. The molecule has 1 aromatic heterocycles. The molecule has 0 aliphatic rings. The minimum Gasteiger partial charge on any atom is -0.272 e. The van der Waals surface area contributed by atoms with Gasteiger partial charge in [-0.05, 0) is 0 Å². The number of nitriles is 1. The van der Waals surface area contributed by atoms with Gasteiger partial charge in [0.2, 0.25) is 0 Å². The SMILES string of the molecule is Cn1cc(C#N)c(NS(N)(=O)=O)n1. The van der Waals surface area contributed by atoms with Crippen LogP contribution in [-0.4, -0.2) is 18.2 Å². The molecule has 8 heteroatoms. The minimum atomic E-state index is -3.87. The molecule has 1 heterocycles. The van der Waals surface area contributed by atoms with Crippen molar-refractivity contribution in [3.63, 3.8) is 0 Å². The second-order valence-electron chi connectivity index (χ2n) is 2.32. The van der Waals surface area contributed by atoms with Gasteiger partial charge in [-0.1, -0.05) is 0 Å². The van der Waals surface area contributed by atoms with E-state index in [-0.39, 0.29) is 11.4 Å². The van der Waals surface area contributed by atoms with E-state index < -0.39 is 10.2 Å². The molecule has 0 saturated heterocycles. The first-order chi connectivity index (χ1) is 5.92. The third-order valence-corrected chi connectivity index (χ3v) is 1.67. The Labute approximate surface area is 74.9 Å². The van der Waals surface area contributed by atoms with Crippen molar-refractivity contribution in [2.24, 2.45) is 12.2 Å². The van der Waals surface area contributed by atoms with E-state index in [4.69, 9.17) is 10.4 Å². The van der Waals surface area contributed by atoms with Gasteiger partial charge in [-0.3, -0.25) is 9.40 Å². The number of aromatic nitrogens is 2. The largest absolute Gasteiger partial charge is 0.297 e. The fourth-order valence-corrected chi connectivity index (χ4v) is 1.20. The molecule has 0 aromatic carbocycles.